The maximum Gasteiger partial charge on any atom is 0.320 e. The highest BCUT2D eigenvalue weighted by molar-refractivity contribution is 5.72. The third-order valence-corrected chi connectivity index (χ3v) is 1.83. The molecule has 76 valence electrons. The van der Waals surface area contributed by atoms with Gasteiger partial charge in [0.2, 0.25) is 0 Å². The average molecular weight is 195 g/mol. The van der Waals surface area contributed by atoms with Gasteiger partial charge in [0.05, 0.1) is 0 Å². The maximum atomic E-state index is 12.2. The lowest BCUT2D eigenvalue weighted by molar-refractivity contribution is -0.139. The lowest BCUT2D eigenvalue weighted by Gasteiger charge is -2.06. The molecular weight excluding hydrogens is 184 g/mol. The number of alkyl halides is 2. The van der Waals surface area contributed by atoms with Gasteiger partial charge in [-0.1, -0.05) is 0 Å². The van der Waals surface area contributed by atoms with E-state index in [1.54, 1.807) is 0 Å². The molecule has 1 rings (SSSR count). The second-order valence-electron chi connectivity index (χ2n) is 3.06. The molecule has 1 saturated carbocycles. The van der Waals surface area contributed by atoms with Crippen molar-refractivity contribution < 1.29 is 23.4 Å². The van der Waals surface area contributed by atoms with Crippen LogP contribution in [0.2, 0.25) is 0 Å². The highest BCUT2D eigenvalue weighted by Gasteiger charge is 2.58. The molecule has 13 heavy (non-hydrogen) atoms. The quantitative estimate of drug-likeness (QED) is 0.657. The SMILES string of the molecule is NC(CCOC1CC1(F)F)C(=O)O. The minimum atomic E-state index is -2.71. The number of nitrogens with two attached hydrogens (primary N) is 1. The van der Waals surface area contributed by atoms with E-state index in [0.717, 1.165) is 0 Å². The van der Waals surface area contributed by atoms with Crippen LogP contribution in [0.3, 0.4) is 0 Å². The van der Waals surface area contributed by atoms with E-state index in [0.29, 0.717) is 0 Å². The molecule has 0 spiro atoms. The van der Waals surface area contributed by atoms with Crippen LogP contribution in [0.5, 0.6) is 0 Å². The number of hydrogen-bond donors (Lipinski definition) is 2. The van der Waals surface area contributed by atoms with E-state index in [1.165, 1.54) is 0 Å². The fourth-order valence-electron chi connectivity index (χ4n) is 0.830. The maximum absolute atomic E-state index is 12.2. The molecule has 1 aliphatic rings. The van der Waals surface area contributed by atoms with Gasteiger partial charge in [0.1, 0.15) is 12.1 Å². The molecule has 4 nitrogen and oxygen atoms in total. The topological polar surface area (TPSA) is 72.5 Å². The Morgan fingerprint density at radius 2 is 2.31 bits per heavy atom. The molecule has 0 aliphatic heterocycles. The van der Waals surface area contributed by atoms with Gasteiger partial charge >= 0.3 is 5.97 Å². The molecule has 3 N–H and O–H groups in total. The summed E-state index contributed by atoms with van der Waals surface area (Å²) in [6.45, 7) is -0.0340. The molecule has 2 unspecified atom stereocenters. The number of ether oxygens (including phenoxy) is 1. The molecule has 1 aliphatic carbocycles. The van der Waals surface area contributed by atoms with Crippen LogP contribution in [0.25, 0.3) is 0 Å². The summed E-state index contributed by atoms with van der Waals surface area (Å²) in [6, 6.07) is -1.03. The summed E-state index contributed by atoms with van der Waals surface area (Å²) < 4.78 is 29.1. The van der Waals surface area contributed by atoms with Gasteiger partial charge in [-0.2, -0.15) is 0 Å². The Labute approximate surface area is 73.7 Å². The van der Waals surface area contributed by atoms with Crippen molar-refractivity contribution in [1.29, 1.82) is 0 Å². The zero-order valence-electron chi connectivity index (χ0n) is 6.87. The van der Waals surface area contributed by atoms with E-state index in [4.69, 9.17) is 15.6 Å². The summed E-state index contributed by atoms with van der Waals surface area (Å²) in [5, 5.41) is 8.34. The minimum Gasteiger partial charge on any atom is -0.480 e. The van der Waals surface area contributed by atoms with Gasteiger partial charge in [-0.25, -0.2) is 8.78 Å². The van der Waals surface area contributed by atoms with E-state index in [-0.39, 0.29) is 19.4 Å². The normalized spacial score (nSPS) is 26.8. The summed E-state index contributed by atoms with van der Waals surface area (Å²) in [4.78, 5) is 10.2. The van der Waals surface area contributed by atoms with Gasteiger partial charge in [-0.15, -0.1) is 0 Å². The van der Waals surface area contributed by atoms with Gasteiger partial charge in [0.25, 0.3) is 5.92 Å². The van der Waals surface area contributed by atoms with E-state index in [2.05, 4.69) is 0 Å². The Hall–Kier alpha value is -0.750. The number of carboxylic acids is 1. The lowest BCUT2D eigenvalue weighted by atomic mass is 10.2. The molecule has 0 aromatic carbocycles. The van der Waals surface area contributed by atoms with Crippen LogP contribution in [0.15, 0.2) is 0 Å². The van der Waals surface area contributed by atoms with Crippen molar-refractivity contribution in [3.63, 3.8) is 0 Å². The second-order valence-corrected chi connectivity index (χ2v) is 3.06. The highest BCUT2D eigenvalue weighted by Crippen LogP contribution is 2.44. The van der Waals surface area contributed by atoms with Crippen LogP contribution in [-0.4, -0.2) is 35.8 Å². The summed E-state index contributed by atoms with van der Waals surface area (Å²) in [7, 11) is 0. The van der Waals surface area contributed by atoms with Crippen molar-refractivity contribution >= 4 is 5.97 Å². The third kappa shape index (κ3) is 2.89. The Balaban J connectivity index is 2.06. The third-order valence-electron chi connectivity index (χ3n) is 1.83. The van der Waals surface area contributed by atoms with Crippen molar-refractivity contribution in [3.8, 4) is 0 Å². The van der Waals surface area contributed by atoms with Crippen molar-refractivity contribution in [2.24, 2.45) is 5.73 Å². The van der Waals surface area contributed by atoms with Gasteiger partial charge in [0.15, 0.2) is 0 Å². The van der Waals surface area contributed by atoms with Crippen LogP contribution in [-0.2, 0) is 9.53 Å². The average Bonchev–Trinajstić information content (AvgIpc) is 2.58. The Morgan fingerprint density at radius 1 is 1.77 bits per heavy atom. The van der Waals surface area contributed by atoms with Crippen molar-refractivity contribution in [2.75, 3.05) is 6.61 Å². The van der Waals surface area contributed by atoms with Crippen molar-refractivity contribution in [3.05, 3.63) is 0 Å². The summed E-state index contributed by atoms with van der Waals surface area (Å²) in [5.74, 6) is -3.86. The van der Waals surface area contributed by atoms with Crippen LogP contribution in [0, 0.1) is 0 Å². The van der Waals surface area contributed by atoms with Gasteiger partial charge in [0, 0.05) is 13.0 Å². The first-order valence-electron chi connectivity index (χ1n) is 3.91. The van der Waals surface area contributed by atoms with Crippen LogP contribution < -0.4 is 5.73 Å². The number of rotatable bonds is 5. The summed E-state index contributed by atoms with van der Waals surface area (Å²) >= 11 is 0. The van der Waals surface area contributed by atoms with Crippen LogP contribution >= 0.6 is 0 Å². The molecule has 0 aromatic rings. The monoisotopic (exact) mass is 195 g/mol. The first-order valence-corrected chi connectivity index (χ1v) is 3.91. The number of halogens is 2. The Bertz CT molecular complexity index is 210. The molecule has 0 saturated heterocycles. The predicted octanol–water partition coefficient (Wildman–Crippen LogP) is 0.213. The number of carbonyl (C=O) groups is 1. The fourth-order valence-corrected chi connectivity index (χ4v) is 0.830. The smallest absolute Gasteiger partial charge is 0.320 e. The molecule has 6 heteroatoms. The molecule has 0 heterocycles. The molecule has 0 amide bonds. The standard InChI is InChI=1S/C7H11F2NO3/c8-7(9)3-5(7)13-2-1-4(10)6(11)12/h4-5H,1-3,10H2,(H,11,12). The largest absolute Gasteiger partial charge is 0.480 e. The number of hydrogen-bond acceptors (Lipinski definition) is 3. The number of carboxylic acid groups (broad SMARTS) is 1. The fraction of sp³-hybridized carbons (Fsp3) is 0.857. The predicted molar refractivity (Wildman–Crippen MR) is 39.5 cm³/mol. The molecule has 1 fully saturated rings. The summed E-state index contributed by atoms with van der Waals surface area (Å²) in [5.41, 5.74) is 5.12. The molecule has 0 bridgehead atoms. The molecular formula is C7H11F2NO3. The first kappa shape index (κ1) is 10.3. The highest BCUT2D eigenvalue weighted by atomic mass is 19.3. The van der Waals surface area contributed by atoms with Crippen LogP contribution in [0.1, 0.15) is 12.8 Å². The van der Waals surface area contributed by atoms with Gasteiger partial charge in [-0.05, 0) is 6.42 Å². The summed E-state index contributed by atoms with van der Waals surface area (Å²) in [6.07, 6.45) is -1.24. The van der Waals surface area contributed by atoms with E-state index < -0.39 is 24.0 Å². The lowest BCUT2D eigenvalue weighted by Crippen LogP contribution is -2.31. The van der Waals surface area contributed by atoms with Crippen LogP contribution in [0.4, 0.5) is 8.78 Å². The van der Waals surface area contributed by atoms with Crippen molar-refractivity contribution in [1.82, 2.24) is 0 Å². The first-order chi connectivity index (χ1) is 5.93. The Morgan fingerprint density at radius 3 is 2.69 bits per heavy atom. The Kier molecular flexibility index (Phi) is 2.82. The van der Waals surface area contributed by atoms with Gasteiger partial charge in [-0.3, -0.25) is 4.79 Å². The molecule has 2 atom stereocenters. The van der Waals surface area contributed by atoms with E-state index in [9.17, 15) is 13.6 Å². The van der Waals surface area contributed by atoms with E-state index >= 15 is 0 Å². The second kappa shape index (κ2) is 3.55. The van der Waals surface area contributed by atoms with Gasteiger partial charge < -0.3 is 15.6 Å². The zero-order chi connectivity index (χ0) is 10.1. The number of aliphatic carboxylic acids is 1. The van der Waals surface area contributed by atoms with E-state index in [1.807, 2.05) is 0 Å². The minimum absolute atomic E-state index is 0.0340. The van der Waals surface area contributed by atoms with Crippen molar-refractivity contribution in [2.45, 2.75) is 30.9 Å². The molecule has 0 aromatic heterocycles. The zero-order valence-corrected chi connectivity index (χ0v) is 6.87. The molecule has 0 radical (unpaired) electrons.